The summed E-state index contributed by atoms with van der Waals surface area (Å²) in [5.41, 5.74) is 5.90. The molecule has 0 saturated carbocycles. The minimum Gasteiger partial charge on any atom is -0.388 e. The number of aryl methyl sites for hydroxylation is 4. The second-order valence-electron chi connectivity index (χ2n) is 5.21. The van der Waals surface area contributed by atoms with Gasteiger partial charge in [-0.15, -0.1) is 0 Å². The van der Waals surface area contributed by atoms with E-state index in [0.717, 1.165) is 18.4 Å². The van der Waals surface area contributed by atoms with Crippen LogP contribution in [0.5, 0.6) is 0 Å². The highest BCUT2D eigenvalue weighted by Crippen LogP contribution is 2.25. The SMILES string of the molecule is Cc1cc(C)c(C(O)CCc2cccnc2)cc1C. The van der Waals surface area contributed by atoms with Gasteiger partial charge in [0.15, 0.2) is 0 Å². The van der Waals surface area contributed by atoms with Gasteiger partial charge in [0.25, 0.3) is 0 Å². The average molecular weight is 255 g/mol. The fourth-order valence-electron chi connectivity index (χ4n) is 2.35. The lowest BCUT2D eigenvalue weighted by Crippen LogP contribution is -2.03. The molecule has 0 aliphatic carbocycles. The molecule has 1 unspecified atom stereocenters. The predicted molar refractivity (Wildman–Crippen MR) is 78.2 cm³/mol. The van der Waals surface area contributed by atoms with Gasteiger partial charge in [0.05, 0.1) is 6.10 Å². The van der Waals surface area contributed by atoms with Crippen LogP contribution in [0.2, 0.25) is 0 Å². The number of aliphatic hydroxyl groups excluding tert-OH is 1. The zero-order valence-corrected chi connectivity index (χ0v) is 11.9. The van der Waals surface area contributed by atoms with Crippen LogP contribution in [0.1, 0.15) is 40.3 Å². The number of pyridine rings is 1. The van der Waals surface area contributed by atoms with Crippen molar-refractivity contribution in [3.8, 4) is 0 Å². The molecule has 1 atom stereocenters. The van der Waals surface area contributed by atoms with Gasteiger partial charge in [-0.25, -0.2) is 0 Å². The van der Waals surface area contributed by atoms with Gasteiger partial charge in [-0.2, -0.15) is 0 Å². The third-order valence-corrected chi connectivity index (χ3v) is 3.67. The first-order valence-electron chi connectivity index (χ1n) is 6.72. The molecule has 2 rings (SSSR count). The Balaban J connectivity index is 2.08. The molecule has 100 valence electrons. The highest BCUT2D eigenvalue weighted by atomic mass is 16.3. The molecule has 1 N–H and O–H groups in total. The Bertz CT molecular complexity index is 549. The first kappa shape index (κ1) is 13.8. The Morgan fingerprint density at radius 1 is 1.11 bits per heavy atom. The van der Waals surface area contributed by atoms with E-state index in [1.165, 1.54) is 22.3 Å². The maximum Gasteiger partial charge on any atom is 0.0795 e. The van der Waals surface area contributed by atoms with Gasteiger partial charge in [0, 0.05) is 12.4 Å². The van der Waals surface area contributed by atoms with Gasteiger partial charge >= 0.3 is 0 Å². The van der Waals surface area contributed by atoms with E-state index in [4.69, 9.17) is 0 Å². The predicted octanol–water partition coefficient (Wildman–Crippen LogP) is 3.67. The smallest absolute Gasteiger partial charge is 0.0795 e. The normalized spacial score (nSPS) is 12.4. The lowest BCUT2D eigenvalue weighted by molar-refractivity contribution is 0.167. The lowest BCUT2D eigenvalue weighted by Gasteiger charge is -2.16. The van der Waals surface area contributed by atoms with Crippen molar-refractivity contribution < 1.29 is 5.11 Å². The van der Waals surface area contributed by atoms with E-state index in [9.17, 15) is 5.11 Å². The third kappa shape index (κ3) is 3.42. The van der Waals surface area contributed by atoms with Crippen molar-refractivity contribution in [2.45, 2.75) is 39.7 Å². The number of rotatable bonds is 4. The summed E-state index contributed by atoms with van der Waals surface area (Å²) in [7, 11) is 0. The minimum absolute atomic E-state index is 0.403. The van der Waals surface area contributed by atoms with Crippen molar-refractivity contribution in [2.24, 2.45) is 0 Å². The van der Waals surface area contributed by atoms with Crippen LogP contribution in [0, 0.1) is 20.8 Å². The van der Waals surface area contributed by atoms with E-state index in [0.29, 0.717) is 0 Å². The van der Waals surface area contributed by atoms with Gasteiger partial charge in [-0.1, -0.05) is 18.2 Å². The quantitative estimate of drug-likeness (QED) is 0.904. The van der Waals surface area contributed by atoms with Crippen molar-refractivity contribution in [3.05, 3.63) is 64.5 Å². The van der Waals surface area contributed by atoms with Gasteiger partial charge in [0.2, 0.25) is 0 Å². The van der Waals surface area contributed by atoms with Crippen LogP contribution in [0.15, 0.2) is 36.7 Å². The molecule has 1 aromatic heterocycles. The first-order valence-corrected chi connectivity index (χ1v) is 6.72. The Labute approximate surface area is 115 Å². The molecular formula is C17H21NO. The fourth-order valence-corrected chi connectivity index (χ4v) is 2.35. The summed E-state index contributed by atoms with van der Waals surface area (Å²) in [5, 5.41) is 10.4. The molecule has 19 heavy (non-hydrogen) atoms. The molecule has 0 spiro atoms. The Kier molecular flexibility index (Phi) is 4.33. The van der Waals surface area contributed by atoms with Crippen molar-refractivity contribution in [1.29, 1.82) is 0 Å². The zero-order valence-electron chi connectivity index (χ0n) is 11.9. The van der Waals surface area contributed by atoms with E-state index < -0.39 is 6.10 Å². The van der Waals surface area contributed by atoms with E-state index in [1.54, 1.807) is 6.20 Å². The number of benzene rings is 1. The summed E-state index contributed by atoms with van der Waals surface area (Å²) in [6, 6.07) is 8.24. The van der Waals surface area contributed by atoms with Crippen molar-refractivity contribution in [3.63, 3.8) is 0 Å². The standard InChI is InChI=1S/C17H21NO/c1-12-9-14(3)16(10-13(12)2)17(19)7-6-15-5-4-8-18-11-15/h4-5,8-11,17,19H,6-7H2,1-3H3. The summed E-state index contributed by atoms with van der Waals surface area (Å²) in [4.78, 5) is 4.10. The highest BCUT2D eigenvalue weighted by molar-refractivity contribution is 5.37. The zero-order chi connectivity index (χ0) is 13.8. The number of aliphatic hydroxyl groups is 1. The van der Waals surface area contributed by atoms with Gasteiger partial charge in [0.1, 0.15) is 0 Å². The highest BCUT2D eigenvalue weighted by Gasteiger charge is 2.12. The molecule has 0 amide bonds. The summed E-state index contributed by atoms with van der Waals surface area (Å²) >= 11 is 0. The number of aromatic nitrogens is 1. The van der Waals surface area contributed by atoms with Gasteiger partial charge in [-0.05, 0) is 67.5 Å². The molecule has 2 heteroatoms. The monoisotopic (exact) mass is 255 g/mol. The molecule has 0 saturated heterocycles. The van der Waals surface area contributed by atoms with Crippen LogP contribution < -0.4 is 0 Å². The van der Waals surface area contributed by atoms with Crippen molar-refractivity contribution in [2.75, 3.05) is 0 Å². The molecule has 1 heterocycles. The second kappa shape index (κ2) is 5.98. The fraction of sp³-hybridized carbons (Fsp3) is 0.353. The number of hydrogen-bond donors (Lipinski definition) is 1. The van der Waals surface area contributed by atoms with Crippen LogP contribution >= 0.6 is 0 Å². The summed E-state index contributed by atoms with van der Waals surface area (Å²) in [6.07, 6.45) is 4.81. The Morgan fingerprint density at radius 2 is 1.84 bits per heavy atom. The first-order chi connectivity index (χ1) is 9.08. The molecule has 0 fully saturated rings. The number of hydrogen-bond acceptors (Lipinski definition) is 2. The lowest BCUT2D eigenvalue weighted by atomic mass is 9.94. The van der Waals surface area contributed by atoms with Gasteiger partial charge < -0.3 is 5.11 Å². The molecular weight excluding hydrogens is 234 g/mol. The van der Waals surface area contributed by atoms with Gasteiger partial charge in [-0.3, -0.25) is 4.98 Å². The topological polar surface area (TPSA) is 33.1 Å². The number of nitrogens with zero attached hydrogens (tertiary/aromatic N) is 1. The third-order valence-electron chi connectivity index (χ3n) is 3.67. The summed E-state index contributed by atoms with van der Waals surface area (Å²) < 4.78 is 0. The Morgan fingerprint density at radius 3 is 2.53 bits per heavy atom. The van der Waals surface area contributed by atoms with E-state index in [2.05, 4.69) is 37.9 Å². The minimum atomic E-state index is -0.403. The van der Waals surface area contributed by atoms with E-state index in [-0.39, 0.29) is 0 Å². The summed E-state index contributed by atoms with van der Waals surface area (Å²) in [5.74, 6) is 0. The van der Waals surface area contributed by atoms with Crippen LogP contribution in [0.3, 0.4) is 0 Å². The molecule has 0 aliphatic heterocycles. The van der Waals surface area contributed by atoms with Crippen LogP contribution in [0.4, 0.5) is 0 Å². The maximum atomic E-state index is 10.4. The largest absolute Gasteiger partial charge is 0.388 e. The van der Waals surface area contributed by atoms with Crippen LogP contribution in [-0.4, -0.2) is 10.1 Å². The van der Waals surface area contributed by atoms with Crippen molar-refractivity contribution >= 4 is 0 Å². The van der Waals surface area contributed by atoms with E-state index >= 15 is 0 Å². The maximum absolute atomic E-state index is 10.4. The Hall–Kier alpha value is -1.67. The van der Waals surface area contributed by atoms with Crippen LogP contribution in [-0.2, 0) is 6.42 Å². The average Bonchev–Trinajstić information content (AvgIpc) is 2.41. The molecule has 2 nitrogen and oxygen atoms in total. The molecule has 2 aromatic rings. The second-order valence-corrected chi connectivity index (χ2v) is 5.21. The molecule has 0 radical (unpaired) electrons. The molecule has 0 aliphatic rings. The van der Waals surface area contributed by atoms with Crippen LogP contribution in [0.25, 0.3) is 0 Å². The molecule has 1 aromatic carbocycles. The van der Waals surface area contributed by atoms with E-state index in [1.807, 2.05) is 18.3 Å². The van der Waals surface area contributed by atoms with Crippen molar-refractivity contribution in [1.82, 2.24) is 4.98 Å². The summed E-state index contributed by atoms with van der Waals surface area (Å²) in [6.45, 7) is 6.26. The molecule has 0 bridgehead atoms.